The zero-order valence-corrected chi connectivity index (χ0v) is 23.3. The first-order valence-electron chi connectivity index (χ1n) is 13.3. The van der Waals surface area contributed by atoms with Crippen LogP contribution in [0.4, 0.5) is 14.6 Å². The van der Waals surface area contributed by atoms with Gasteiger partial charge in [0.15, 0.2) is 5.01 Å². The minimum atomic E-state index is -2.79. The number of thiazole rings is 1. The van der Waals surface area contributed by atoms with Crippen molar-refractivity contribution in [2.24, 2.45) is 0 Å². The molecule has 0 spiro atoms. The van der Waals surface area contributed by atoms with E-state index in [1.165, 1.54) is 0 Å². The number of alkyl halides is 2. The Balaban J connectivity index is 1.66. The van der Waals surface area contributed by atoms with Crippen molar-refractivity contribution in [3.63, 3.8) is 0 Å². The average Bonchev–Trinajstić information content (AvgIpc) is 3.28. The molecular formula is C27H37F2N5O3S. The molecule has 2 aliphatic rings. The van der Waals surface area contributed by atoms with Crippen LogP contribution in [0.2, 0.25) is 0 Å². The number of rotatable bonds is 7. The molecule has 8 nitrogen and oxygen atoms in total. The van der Waals surface area contributed by atoms with Gasteiger partial charge < -0.3 is 20.6 Å². The lowest BCUT2D eigenvalue weighted by Gasteiger charge is -2.33. The van der Waals surface area contributed by atoms with Gasteiger partial charge in [-0.3, -0.25) is 9.59 Å². The predicted molar refractivity (Wildman–Crippen MR) is 144 cm³/mol. The van der Waals surface area contributed by atoms with Gasteiger partial charge in [0.1, 0.15) is 11.5 Å². The molecule has 0 unspecified atom stereocenters. The van der Waals surface area contributed by atoms with E-state index in [0.29, 0.717) is 35.6 Å². The third-order valence-electron chi connectivity index (χ3n) is 7.21. The second-order valence-corrected chi connectivity index (χ2v) is 12.1. The van der Waals surface area contributed by atoms with Crippen molar-refractivity contribution < 1.29 is 23.5 Å². The van der Waals surface area contributed by atoms with Crippen molar-refractivity contribution >= 4 is 29.0 Å². The summed E-state index contributed by atoms with van der Waals surface area (Å²) >= 11 is 1.09. The normalized spacial score (nSPS) is 21.7. The molecule has 2 aromatic heterocycles. The number of anilines is 1. The summed E-state index contributed by atoms with van der Waals surface area (Å²) in [5, 5.41) is 15.7. The van der Waals surface area contributed by atoms with Crippen molar-refractivity contribution in [3.8, 4) is 10.4 Å². The summed E-state index contributed by atoms with van der Waals surface area (Å²) in [4.78, 5) is 37.7. The van der Waals surface area contributed by atoms with Gasteiger partial charge in [-0.1, -0.05) is 6.42 Å². The van der Waals surface area contributed by atoms with E-state index < -0.39 is 23.5 Å². The maximum atomic E-state index is 14.4. The minimum absolute atomic E-state index is 0.0277. The van der Waals surface area contributed by atoms with E-state index in [1.807, 2.05) is 13.8 Å². The van der Waals surface area contributed by atoms with Crippen LogP contribution in [0.15, 0.2) is 12.3 Å². The maximum Gasteiger partial charge on any atom is 0.280 e. The molecule has 208 valence electrons. The summed E-state index contributed by atoms with van der Waals surface area (Å²) in [6.07, 6.45) is 5.90. The molecule has 2 atom stereocenters. The number of hydrogen-bond donors (Lipinski definition) is 3. The molecule has 38 heavy (non-hydrogen) atoms. The van der Waals surface area contributed by atoms with E-state index in [2.05, 4.69) is 20.6 Å². The topological polar surface area (TPSA) is 107 Å². The molecule has 4 rings (SSSR count). The number of piperidine rings is 1. The number of carbonyl (C=O) groups excluding carboxylic acids is 2. The van der Waals surface area contributed by atoms with Gasteiger partial charge in [0.25, 0.3) is 17.7 Å². The fraction of sp³-hybridized carbons (Fsp3) is 0.630. The standard InChI is InChI=1S/C27H37F2N5O3S/c1-16-13-20(32-19-10-5-7-11-27(19,28)29)30-14-18(16)22-21(25(36)34-12-8-6-9-17(34)2)33-24(38-22)23(35)31-15-26(3,4)37/h13-14,17,19,37H,5-12,15H2,1-4H3,(H,30,32)(H,31,35)/t17-,19-/m0/s1. The van der Waals surface area contributed by atoms with Crippen molar-refractivity contribution in [2.45, 2.75) is 96.2 Å². The molecule has 3 heterocycles. The van der Waals surface area contributed by atoms with Crippen LogP contribution in [0.1, 0.15) is 91.6 Å². The Labute approximate surface area is 226 Å². The zero-order valence-electron chi connectivity index (χ0n) is 22.4. The number of nitrogens with zero attached hydrogens (tertiary/aromatic N) is 3. The van der Waals surface area contributed by atoms with Gasteiger partial charge in [-0.25, -0.2) is 18.7 Å². The molecule has 0 radical (unpaired) electrons. The van der Waals surface area contributed by atoms with Crippen LogP contribution < -0.4 is 10.6 Å². The first-order chi connectivity index (χ1) is 17.9. The lowest BCUT2D eigenvalue weighted by atomic mass is 9.91. The number of likely N-dealkylation sites (tertiary alicyclic amines) is 1. The van der Waals surface area contributed by atoms with E-state index in [0.717, 1.165) is 42.6 Å². The molecule has 1 aliphatic heterocycles. The van der Waals surface area contributed by atoms with E-state index >= 15 is 0 Å². The molecule has 2 aromatic rings. The van der Waals surface area contributed by atoms with Gasteiger partial charge in [0, 0.05) is 37.3 Å². The minimum Gasteiger partial charge on any atom is -0.389 e. The highest BCUT2D eigenvalue weighted by Crippen LogP contribution is 2.37. The van der Waals surface area contributed by atoms with Crippen LogP contribution >= 0.6 is 11.3 Å². The first kappa shape index (κ1) is 28.4. The van der Waals surface area contributed by atoms with Crippen LogP contribution in [0.3, 0.4) is 0 Å². The van der Waals surface area contributed by atoms with Gasteiger partial charge in [0.05, 0.1) is 16.5 Å². The molecule has 2 amide bonds. The number of pyridine rings is 1. The highest BCUT2D eigenvalue weighted by Gasteiger charge is 2.41. The average molecular weight is 550 g/mol. The van der Waals surface area contributed by atoms with Crippen molar-refractivity contribution in [1.82, 2.24) is 20.2 Å². The molecule has 0 bridgehead atoms. The molecule has 1 saturated carbocycles. The lowest BCUT2D eigenvalue weighted by molar-refractivity contribution is -0.0449. The molecule has 3 N–H and O–H groups in total. The first-order valence-corrected chi connectivity index (χ1v) is 14.1. The molecule has 2 fully saturated rings. The second kappa shape index (κ2) is 11.2. The van der Waals surface area contributed by atoms with Gasteiger partial charge in [-0.05, 0) is 71.4 Å². The van der Waals surface area contributed by atoms with E-state index in [-0.39, 0.29) is 35.6 Å². The van der Waals surface area contributed by atoms with Gasteiger partial charge >= 0.3 is 0 Å². The maximum absolute atomic E-state index is 14.4. The molecule has 11 heteroatoms. The number of halogens is 2. The molecular weight excluding hydrogens is 512 g/mol. The van der Waals surface area contributed by atoms with Gasteiger partial charge in [0.2, 0.25) is 0 Å². The summed E-state index contributed by atoms with van der Waals surface area (Å²) < 4.78 is 28.7. The Kier molecular flexibility index (Phi) is 8.37. The van der Waals surface area contributed by atoms with Crippen LogP contribution in [0, 0.1) is 6.92 Å². The molecule has 1 saturated heterocycles. The quantitative estimate of drug-likeness (QED) is 0.448. The summed E-state index contributed by atoms with van der Waals surface area (Å²) in [5.74, 6) is -3.16. The van der Waals surface area contributed by atoms with Crippen LogP contribution in [-0.2, 0) is 0 Å². The van der Waals surface area contributed by atoms with Crippen molar-refractivity contribution in [2.75, 3.05) is 18.4 Å². The van der Waals surface area contributed by atoms with Crippen LogP contribution in [-0.4, -0.2) is 68.5 Å². The predicted octanol–water partition coefficient (Wildman–Crippen LogP) is 5.02. The Morgan fingerprint density at radius 1 is 1.24 bits per heavy atom. The number of aryl methyl sites for hydroxylation is 1. The molecule has 1 aliphatic carbocycles. The van der Waals surface area contributed by atoms with Gasteiger partial charge in [-0.2, -0.15) is 0 Å². The van der Waals surface area contributed by atoms with Crippen LogP contribution in [0.5, 0.6) is 0 Å². The zero-order chi connectivity index (χ0) is 27.7. The number of carbonyl (C=O) groups is 2. The Morgan fingerprint density at radius 2 is 1.97 bits per heavy atom. The summed E-state index contributed by atoms with van der Waals surface area (Å²) in [6, 6.07) is 0.786. The van der Waals surface area contributed by atoms with Gasteiger partial charge in [-0.15, -0.1) is 11.3 Å². The summed E-state index contributed by atoms with van der Waals surface area (Å²) in [7, 11) is 0. The summed E-state index contributed by atoms with van der Waals surface area (Å²) in [6.45, 7) is 7.65. The van der Waals surface area contributed by atoms with E-state index in [1.54, 1.807) is 31.0 Å². The smallest absolute Gasteiger partial charge is 0.280 e. The second-order valence-electron chi connectivity index (χ2n) is 11.1. The Hall–Kier alpha value is -2.66. The van der Waals surface area contributed by atoms with Crippen molar-refractivity contribution in [1.29, 1.82) is 0 Å². The fourth-order valence-electron chi connectivity index (χ4n) is 4.98. The lowest BCUT2D eigenvalue weighted by Crippen LogP contribution is -2.42. The van der Waals surface area contributed by atoms with E-state index in [4.69, 9.17) is 0 Å². The number of aromatic nitrogens is 2. The SMILES string of the molecule is Cc1cc(N[C@H]2CCCCC2(F)F)ncc1-c1sc(C(=O)NCC(C)(C)O)nc1C(=O)N1CCCC[C@@H]1C. The molecule has 0 aromatic carbocycles. The highest BCUT2D eigenvalue weighted by molar-refractivity contribution is 7.17. The number of hydrogen-bond acceptors (Lipinski definition) is 7. The third kappa shape index (κ3) is 6.48. The fourth-order valence-corrected chi connectivity index (χ4v) is 6.02. The number of aliphatic hydroxyl groups is 1. The van der Waals surface area contributed by atoms with Crippen LogP contribution in [0.25, 0.3) is 10.4 Å². The number of amides is 2. The highest BCUT2D eigenvalue weighted by atomic mass is 32.1. The van der Waals surface area contributed by atoms with E-state index in [9.17, 15) is 23.5 Å². The Bertz CT molecular complexity index is 1180. The third-order valence-corrected chi connectivity index (χ3v) is 8.30. The number of nitrogens with one attached hydrogen (secondary N) is 2. The largest absolute Gasteiger partial charge is 0.389 e. The Morgan fingerprint density at radius 3 is 2.63 bits per heavy atom. The monoisotopic (exact) mass is 549 g/mol. The van der Waals surface area contributed by atoms with Crippen molar-refractivity contribution in [3.05, 3.63) is 28.5 Å². The summed E-state index contributed by atoms with van der Waals surface area (Å²) in [5.41, 5.74) is 0.435.